The molecule has 0 saturated carbocycles. The molecular formula is C14H29N2O2P. The van der Waals surface area contributed by atoms with Crippen LogP contribution in [0.4, 0.5) is 0 Å². The van der Waals surface area contributed by atoms with E-state index in [2.05, 4.69) is 0 Å². The molecule has 0 aliphatic rings. The van der Waals surface area contributed by atoms with Crippen molar-refractivity contribution in [3.63, 3.8) is 0 Å². The third-order valence-corrected chi connectivity index (χ3v) is 5.38. The Balaban J connectivity index is 5.38. The van der Waals surface area contributed by atoms with Crippen LogP contribution in [0.5, 0.6) is 0 Å². The molecule has 0 amide bonds. The van der Waals surface area contributed by atoms with Crippen molar-refractivity contribution in [2.24, 2.45) is 11.8 Å². The molecular weight excluding hydrogens is 259 g/mol. The summed E-state index contributed by atoms with van der Waals surface area (Å²) in [5.74, 6) is 2.39. The van der Waals surface area contributed by atoms with Gasteiger partial charge in [-0.25, -0.2) is 4.67 Å². The molecule has 0 aliphatic carbocycles. The predicted molar refractivity (Wildman–Crippen MR) is 79.9 cm³/mol. The van der Waals surface area contributed by atoms with Crippen LogP contribution in [0.25, 0.3) is 0 Å². The summed E-state index contributed by atoms with van der Waals surface area (Å²) in [6.07, 6.45) is -0.175. The van der Waals surface area contributed by atoms with Crippen molar-refractivity contribution >= 4 is 7.52 Å². The molecule has 1 unspecified atom stereocenters. The zero-order chi connectivity index (χ0) is 15.4. The number of nitriles is 1. The first-order valence-corrected chi connectivity index (χ1v) is 8.63. The number of rotatable bonds is 7. The molecule has 0 fully saturated rings. The number of hydrogen-bond donors (Lipinski definition) is 0. The summed E-state index contributed by atoms with van der Waals surface area (Å²) in [6, 6.07) is 0.0101. The molecule has 19 heavy (non-hydrogen) atoms. The van der Waals surface area contributed by atoms with E-state index in [4.69, 9.17) is 4.52 Å². The van der Waals surface area contributed by atoms with E-state index in [0.717, 1.165) is 0 Å². The zero-order valence-electron chi connectivity index (χ0n) is 13.5. The molecule has 0 N–H and O–H groups in total. The molecule has 0 rings (SSSR count). The normalized spacial score (nSPS) is 15.8. The maximum absolute atomic E-state index is 12.9. The highest BCUT2D eigenvalue weighted by Crippen LogP contribution is 2.54. The average molecular weight is 288 g/mol. The Bertz CT molecular complexity index is 343. The van der Waals surface area contributed by atoms with Gasteiger partial charge in [-0.05, 0) is 39.5 Å². The van der Waals surface area contributed by atoms with E-state index in [-0.39, 0.29) is 30.0 Å². The molecule has 0 saturated heterocycles. The highest BCUT2D eigenvalue weighted by Gasteiger charge is 2.39. The fraction of sp³-hybridized carbons (Fsp3) is 0.929. The molecule has 0 aromatic carbocycles. The molecule has 4 nitrogen and oxygen atoms in total. The van der Waals surface area contributed by atoms with Crippen LogP contribution in [0, 0.1) is 22.9 Å². The molecule has 1 atom stereocenters. The predicted octanol–water partition coefficient (Wildman–Crippen LogP) is 4.48. The molecule has 0 radical (unpaired) electrons. The molecule has 112 valence electrons. The fourth-order valence-corrected chi connectivity index (χ4v) is 4.80. The fourth-order valence-electron chi connectivity index (χ4n) is 2.51. The topological polar surface area (TPSA) is 53.3 Å². The minimum Gasteiger partial charge on any atom is -0.303 e. The summed E-state index contributed by atoms with van der Waals surface area (Å²) < 4.78 is 20.4. The van der Waals surface area contributed by atoms with E-state index in [1.54, 1.807) is 4.67 Å². The van der Waals surface area contributed by atoms with Gasteiger partial charge >= 0.3 is 7.52 Å². The van der Waals surface area contributed by atoms with Crippen LogP contribution in [0.15, 0.2) is 0 Å². The van der Waals surface area contributed by atoms with Crippen LogP contribution in [-0.4, -0.2) is 22.9 Å². The number of nitrogens with zero attached hydrogens (tertiary/aromatic N) is 2. The molecule has 0 aromatic heterocycles. The van der Waals surface area contributed by atoms with Gasteiger partial charge in [-0.15, -0.1) is 0 Å². The first-order valence-electron chi connectivity index (χ1n) is 7.05. The average Bonchev–Trinajstić information content (AvgIpc) is 2.23. The van der Waals surface area contributed by atoms with E-state index >= 15 is 0 Å². The third kappa shape index (κ3) is 4.91. The lowest BCUT2D eigenvalue weighted by molar-refractivity contribution is 0.0902. The van der Waals surface area contributed by atoms with Gasteiger partial charge in [0.05, 0.1) is 6.10 Å². The van der Waals surface area contributed by atoms with Crippen molar-refractivity contribution in [2.45, 2.75) is 73.6 Å². The van der Waals surface area contributed by atoms with E-state index in [9.17, 15) is 9.83 Å². The lowest BCUT2D eigenvalue weighted by atomic mass is 9.97. The van der Waals surface area contributed by atoms with E-state index in [1.165, 1.54) is 0 Å². The van der Waals surface area contributed by atoms with Crippen molar-refractivity contribution < 1.29 is 9.09 Å². The number of hydrogen-bond acceptors (Lipinski definition) is 3. The summed E-state index contributed by atoms with van der Waals surface area (Å²) in [5.41, 5.74) is 0. The van der Waals surface area contributed by atoms with Crippen LogP contribution < -0.4 is 0 Å². The van der Waals surface area contributed by atoms with Crippen molar-refractivity contribution in [3.8, 4) is 5.81 Å². The minimum absolute atomic E-state index is 0.00505. The van der Waals surface area contributed by atoms with Crippen molar-refractivity contribution in [3.05, 3.63) is 0 Å². The summed E-state index contributed by atoms with van der Waals surface area (Å²) >= 11 is 0. The van der Waals surface area contributed by atoms with Gasteiger partial charge in [0, 0.05) is 12.1 Å². The molecule has 0 spiro atoms. The molecule has 0 bridgehead atoms. The molecule has 0 aromatic rings. The van der Waals surface area contributed by atoms with Crippen LogP contribution in [0.1, 0.15) is 55.4 Å². The van der Waals surface area contributed by atoms with Crippen molar-refractivity contribution in [1.82, 2.24) is 4.67 Å². The molecule has 0 heterocycles. The first-order chi connectivity index (χ1) is 8.56. The summed E-state index contributed by atoms with van der Waals surface area (Å²) in [7, 11) is -3.45. The Morgan fingerprint density at radius 2 is 1.32 bits per heavy atom. The van der Waals surface area contributed by atoms with Crippen molar-refractivity contribution in [1.29, 1.82) is 5.26 Å². The van der Waals surface area contributed by atoms with E-state index < -0.39 is 7.52 Å². The van der Waals surface area contributed by atoms with Gasteiger partial charge < -0.3 is 4.52 Å². The maximum Gasteiger partial charge on any atom is 0.371 e. The Hall–Kier alpha value is -0.360. The zero-order valence-corrected chi connectivity index (χ0v) is 14.4. The van der Waals surface area contributed by atoms with Crippen LogP contribution in [0.3, 0.4) is 0 Å². The van der Waals surface area contributed by atoms with Crippen LogP contribution in [-0.2, 0) is 9.09 Å². The van der Waals surface area contributed by atoms with E-state index in [1.807, 2.05) is 61.2 Å². The molecule has 0 aliphatic heterocycles. The second-order valence-corrected chi connectivity index (χ2v) is 8.16. The maximum atomic E-state index is 12.9. The Labute approximate surface area is 118 Å². The van der Waals surface area contributed by atoms with Gasteiger partial charge in [-0.2, -0.15) is 5.26 Å². The molecule has 5 heteroatoms. The van der Waals surface area contributed by atoms with Crippen LogP contribution in [0.2, 0.25) is 0 Å². The highest BCUT2D eigenvalue weighted by molar-refractivity contribution is 7.61. The third-order valence-electron chi connectivity index (χ3n) is 3.07. The van der Waals surface area contributed by atoms with E-state index in [0.29, 0.717) is 0 Å². The van der Waals surface area contributed by atoms with Gasteiger partial charge in [-0.3, -0.25) is 4.57 Å². The smallest absolute Gasteiger partial charge is 0.303 e. The van der Waals surface area contributed by atoms with Gasteiger partial charge in [0.2, 0.25) is 0 Å². The highest BCUT2D eigenvalue weighted by atomic mass is 31.2. The summed E-state index contributed by atoms with van der Waals surface area (Å²) in [5, 5.41) is 9.39. The minimum atomic E-state index is -3.45. The lowest BCUT2D eigenvalue weighted by Gasteiger charge is -2.36. The largest absolute Gasteiger partial charge is 0.371 e. The Kier molecular flexibility index (Phi) is 7.29. The summed E-state index contributed by atoms with van der Waals surface area (Å²) in [6.45, 7) is 15.9. The monoisotopic (exact) mass is 288 g/mol. The lowest BCUT2D eigenvalue weighted by Crippen LogP contribution is -2.37. The van der Waals surface area contributed by atoms with Gasteiger partial charge in [-0.1, -0.05) is 27.7 Å². The Morgan fingerprint density at radius 3 is 1.53 bits per heavy atom. The SMILES string of the molecule is CC(C)C(OP(=O)(C#N)N(C(C)C)C(C)C)C(C)C. The quantitative estimate of drug-likeness (QED) is 0.648. The van der Waals surface area contributed by atoms with Gasteiger partial charge in [0.1, 0.15) is 0 Å². The second kappa shape index (κ2) is 7.43. The first kappa shape index (κ1) is 18.6. The standard InChI is InChI=1S/C14H29N2O2P/c1-10(2)14(11(3)4)18-19(17,9-15)16(12(5)6)13(7)8/h10-14H,1-8H3. The summed E-state index contributed by atoms with van der Waals surface area (Å²) in [4.78, 5) is 0. The van der Waals surface area contributed by atoms with Crippen LogP contribution >= 0.6 is 7.52 Å². The second-order valence-electron chi connectivity index (χ2n) is 6.25. The van der Waals surface area contributed by atoms with Gasteiger partial charge in [0.25, 0.3) is 0 Å². The Morgan fingerprint density at radius 1 is 0.947 bits per heavy atom. The van der Waals surface area contributed by atoms with Gasteiger partial charge in [0.15, 0.2) is 5.81 Å². The van der Waals surface area contributed by atoms with Crippen molar-refractivity contribution in [2.75, 3.05) is 0 Å².